The van der Waals surface area contributed by atoms with Crippen LogP contribution in [-0.2, 0) is 22.4 Å². The zero-order valence-electron chi connectivity index (χ0n) is 14.3. The van der Waals surface area contributed by atoms with Crippen LogP contribution in [0.4, 0.5) is 0 Å². The van der Waals surface area contributed by atoms with E-state index in [0.29, 0.717) is 12.2 Å². The fourth-order valence-corrected chi connectivity index (χ4v) is 1.44. The van der Waals surface area contributed by atoms with Crippen LogP contribution in [0.3, 0.4) is 0 Å². The number of carboxylic acid groups (broad SMARTS) is 2. The van der Waals surface area contributed by atoms with Crippen molar-refractivity contribution < 1.29 is 19.8 Å². The van der Waals surface area contributed by atoms with Crippen molar-refractivity contribution in [2.45, 2.75) is 40.5 Å². The van der Waals surface area contributed by atoms with Crippen LogP contribution in [0.25, 0.3) is 0 Å². The number of aromatic amines is 2. The van der Waals surface area contributed by atoms with Crippen molar-refractivity contribution in [1.29, 1.82) is 0 Å². The molecule has 132 valence electrons. The van der Waals surface area contributed by atoms with Crippen molar-refractivity contribution in [3.05, 3.63) is 47.6 Å². The summed E-state index contributed by atoms with van der Waals surface area (Å²) in [4.78, 5) is 33.5. The number of hydrogen-bond acceptors (Lipinski definition) is 4. The maximum atomic E-state index is 9.55. The van der Waals surface area contributed by atoms with Gasteiger partial charge in [-0.15, -0.1) is 0 Å². The molecule has 0 saturated carbocycles. The topological polar surface area (TPSA) is 132 Å². The van der Waals surface area contributed by atoms with Crippen LogP contribution in [0, 0.1) is 13.8 Å². The Balaban J connectivity index is 0.000000331. The summed E-state index contributed by atoms with van der Waals surface area (Å²) < 4.78 is 0. The number of aliphatic carboxylic acids is 2. The average molecular weight is 336 g/mol. The number of carboxylic acids is 2. The average Bonchev–Trinajstić information content (AvgIpc) is 3.14. The van der Waals surface area contributed by atoms with Gasteiger partial charge in [-0.25, -0.2) is 19.6 Å². The molecule has 0 aliphatic carbocycles. The number of nitrogens with zero attached hydrogens (tertiary/aromatic N) is 2. The number of aromatic nitrogens is 4. The second-order valence-corrected chi connectivity index (χ2v) is 4.74. The first-order valence-corrected chi connectivity index (χ1v) is 7.43. The van der Waals surface area contributed by atoms with Gasteiger partial charge >= 0.3 is 11.9 Å². The minimum Gasteiger partial charge on any atom is -0.478 e. The summed E-state index contributed by atoms with van der Waals surface area (Å²) in [6, 6.07) is 0. The Morgan fingerprint density at radius 1 is 0.917 bits per heavy atom. The minimum absolute atomic E-state index is 0.558. The van der Waals surface area contributed by atoms with Gasteiger partial charge in [0.1, 0.15) is 11.6 Å². The zero-order valence-corrected chi connectivity index (χ0v) is 14.3. The van der Waals surface area contributed by atoms with Crippen molar-refractivity contribution in [3.8, 4) is 0 Å². The quantitative estimate of drug-likeness (QED) is 0.633. The highest BCUT2D eigenvalue weighted by molar-refractivity contribution is 5.89. The smallest absolute Gasteiger partial charge is 0.328 e. The zero-order chi connectivity index (χ0) is 18.5. The maximum Gasteiger partial charge on any atom is 0.328 e. The summed E-state index contributed by atoms with van der Waals surface area (Å²) in [5.74, 6) is -0.371. The molecule has 2 aromatic heterocycles. The maximum absolute atomic E-state index is 9.55. The van der Waals surface area contributed by atoms with Crippen LogP contribution in [0.5, 0.6) is 0 Å². The molecule has 0 aliphatic heterocycles. The van der Waals surface area contributed by atoms with E-state index in [0.717, 1.165) is 35.9 Å². The van der Waals surface area contributed by atoms with Gasteiger partial charge in [0.15, 0.2) is 0 Å². The predicted octanol–water partition coefficient (Wildman–Crippen LogP) is 2.27. The summed E-state index contributed by atoms with van der Waals surface area (Å²) in [6.07, 6.45) is 6.80. The van der Waals surface area contributed by atoms with Crippen molar-refractivity contribution >= 4 is 11.9 Å². The highest BCUT2D eigenvalue weighted by Gasteiger charge is 1.90. The Morgan fingerprint density at radius 2 is 1.25 bits per heavy atom. The molecular formula is C16H24N4O4. The van der Waals surface area contributed by atoms with Crippen LogP contribution in [-0.4, -0.2) is 42.1 Å². The molecule has 0 aromatic carbocycles. The molecule has 0 saturated heterocycles. The number of carbonyl (C=O) groups is 2. The molecule has 0 atom stereocenters. The van der Waals surface area contributed by atoms with E-state index in [9.17, 15) is 9.59 Å². The molecule has 8 heteroatoms. The summed E-state index contributed by atoms with van der Waals surface area (Å²) in [6.45, 7) is 8.18. The molecule has 0 amide bonds. The molecule has 0 radical (unpaired) electrons. The van der Waals surface area contributed by atoms with Gasteiger partial charge in [-0.2, -0.15) is 0 Å². The van der Waals surface area contributed by atoms with E-state index in [2.05, 4.69) is 33.8 Å². The van der Waals surface area contributed by atoms with Crippen LogP contribution in [0.15, 0.2) is 24.5 Å². The number of hydrogen-bond donors (Lipinski definition) is 4. The molecule has 2 heterocycles. The Kier molecular flexibility index (Phi) is 10.2. The van der Waals surface area contributed by atoms with E-state index in [1.165, 1.54) is 0 Å². The molecule has 8 nitrogen and oxygen atoms in total. The van der Waals surface area contributed by atoms with E-state index in [-0.39, 0.29) is 0 Å². The third-order valence-electron chi connectivity index (χ3n) is 2.55. The normalized spacial score (nSPS) is 9.67. The van der Waals surface area contributed by atoms with E-state index in [1.807, 2.05) is 26.2 Å². The molecule has 0 aliphatic rings. The minimum atomic E-state index is -1.26. The highest BCUT2D eigenvalue weighted by atomic mass is 16.4. The lowest BCUT2D eigenvalue weighted by Gasteiger charge is -1.82. The van der Waals surface area contributed by atoms with E-state index >= 15 is 0 Å². The number of nitrogens with one attached hydrogen (secondary N) is 2. The van der Waals surface area contributed by atoms with Gasteiger partial charge in [-0.05, 0) is 13.8 Å². The lowest BCUT2D eigenvalue weighted by molar-refractivity contribution is -0.134. The third kappa shape index (κ3) is 10.8. The second kappa shape index (κ2) is 11.6. The molecule has 0 bridgehead atoms. The van der Waals surface area contributed by atoms with Crippen LogP contribution < -0.4 is 0 Å². The Morgan fingerprint density at radius 3 is 1.38 bits per heavy atom. The van der Waals surface area contributed by atoms with Crippen molar-refractivity contribution in [1.82, 2.24) is 19.9 Å². The number of H-pyrrole nitrogens is 2. The first-order chi connectivity index (χ1) is 11.3. The van der Waals surface area contributed by atoms with Crippen molar-refractivity contribution in [3.63, 3.8) is 0 Å². The van der Waals surface area contributed by atoms with Gasteiger partial charge < -0.3 is 20.2 Å². The standard InChI is InChI=1S/2C6H10N2.C4H4O4/c2*1-3-6-7-4-5(2)8-6;5-3(6)1-2-4(7)8/h2*4H,3H2,1-2H3,(H,7,8);1-2H,(H,5,6)(H,7,8)/b;;2-1+. The van der Waals surface area contributed by atoms with Gasteiger partial charge in [-0.1, -0.05) is 13.8 Å². The SMILES string of the molecule is CCc1ncc(C)[nH]1.CCc1ncc(C)[nH]1.O=C(O)/C=C/C(=O)O. The molecule has 0 fully saturated rings. The summed E-state index contributed by atoms with van der Waals surface area (Å²) >= 11 is 0. The van der Waals surface area contributed by atoms with Gasteiger partial charge in [-0.3, -0.25) is 0 Å². The molecular weight excluding hydrogens is 312 g/mol. The van der Waals surface area contributed by atoms with Crippen molar-refractivity contribution in [2.24, 2.45) is 0 Å². The first-order valence-electron chi connectivity index (χ1n) is 7.43. The van der Waals surface area contributed by atoms with E-state index in [1.54, 1.807) is 0 Å². The molecule has 2 rings (SSSR count). The summed E-state index contributed by atoms with van der Waals surface area (Å²) in [5, 5.41) is 15.6. The number of rotatable bonds is 4. The fourth-order valence-electron chi connectivity index (χ4n) is 1.44. The molecule has 0 unspecified atom stereocenters. The molecule has 2 aromatic rings. The monoisotopic (exact) mass is 336 g/mol. The predicted molar refractivity (Wildman–Crippen MR) is 89.8 cm³/mol. The van der Waals surface area contributed by atoms with Gasteiger partial charge in [0.2, 0.25) is 0 Å². The summed E-state index contributed by atoms with van der Waals surface area (Å²) in [7, 11) is 0. The Bertz CT molecular complexity index is 602. The lowest BCUT2D eigenvalue weighted by Crippen LogP contribution is -1.91. The second-order valence-electron chi connectivity index (χ2n) is 4.74. The molecule has 0 spiro atoms. The third-order valence-corrected chi connectivity index (χ3v) is 2.55. The van der Waals surface area contributed by atoms with Crippen LogP contribution in [0.1, 0.15) is 36.9 Å². The van der Waals surface area contributed by atoms with E-state index < -0.39 is 11.9 Å². The van der Waals surface area contributed by atoms with Crippen LogP contribution >= 0.6 is 0 Å². The summed E-state index contributed by atoms with van der Waals surface area (Å²) in [5.41, 5.74) is 2.28. The van der Waals surface area contributed by atoms with Crippen molar-refractivity contribution in [2.75, 3.05) is 0 Å². The fraction of sp³-hybridized carbons (Fsp3) is 0.375. The number of imidazole rings is 2. The van der Waals surface area contributed by atoms with Gasteiger partial charge in [0.25, 0.3) is 0 Å². The lowest BCUT2D eigenvalue weighted by atomic mass is 10.5. The number of aryl methyl sites for hydroxylation is 4. The Labute approximate surface area is 140 Å². The first kappa shape index (κ1) is 21.1. The molecule has 4 N–H and O–H groups in total. The Hall–Kier alpha value is -2.90. The van der Waals surface area contributed by atoms with Gasteiger partial charge in [0.05, 0.1) is 0 Å². The van der Waals surface area contributed by atoms with Gasteiger partial charge in [0, 0.05) is 48.8 Å². The highest BCUT2D eigenvalue weighted by Crippen LogP contribution is 1.94. The largest absolute Gasteiger partial charge is 0.478 e. The van der Waals surface area contributed by atoms with E-state index in [4.69, 9.17) is 10.2 Å². The van der Waals surface area contributed by atoms with Crippen LogP contribution in [0.2, 0.25) is 0 Å². The molecule has 24 heavy (non-hydrogen) atoms.